The Bertz CT molecular complexity index is 1130. The highest BCUT2D eigenvalue weighted by molar-refractivity contribution is 7.18. The van der Waals surface area contributed by atoms with Crippen LogP contribution in [0.3, 0.4) is 0 Å². The molecule has 6 nitrogen and oxygen atoms in total. The summed E-state index contributed by atoms with van der Waals surface area (Å²) in [7, 11) is 0. The Balaban J connectivity index is 1.47. The van der Waals surface area contributed by atoms with Gasteiger partial charge in [-0.25, -0.2) is 13.6 Å². The number of nitrogens with zero attached hydrogens (tertiary/aromatic N) is 3. The summed E-state index contributed by atoms with van der Waals surface area (Å²) in [5.74, 6) is -1.13. The third kappa shape index (κ3) is 3.47. The van der Waals surface area contributed by atoms with Gasteiger partial charge in [-0.05, 0) is 25.1 Å². The largest absolute Gasteiger partial charge is 0.367 e. The lowest BCUT2D eigenvalue weighted by atomic mass is 10.2. The quantitative estimate of drug-likeness (QED) is 0.723. The van der Waals surface area contributed by atoms with Gasteiger partial charge in [0, 0.05) is 50.2 Å². The van der Waals surface area contributed by atoms with E-state index in [-0.39, 0.29) is 11.2 Å². The Kier molecular flexibility index (Phi) is 5.03. The maximum Gasteiger partial charge on any atom is 0.329 e. The van der Waals surface area contributed by atoms with E-state index >= 15 is 0 Å². The lowest BCUT2D eigenvalue weighted by Crippen LogP contribution is -2.46. The SMILES string of the molecule is CCn1c(=O)[nH]c2sc(CN3CCN(c4ccc(F)cc4F)CC3)cc2c1=O. The summed E-state index contributed by atoms with van der Waals surface area (Å²) in [4.78, 5) is 32.9. The van der Waals surface area contributed by atoms with Crippen LogP contribution in [0, 0.1) is 11.6 Å². The van der Waals surface area contributed by atoms with Crippen LogP contribution in [0.25, 0.3) is 10.2 Å². The minimum absolute atomic E-state index is 0.264. The van der Waals surface area contributed by atoms with Crippen LogP contribution in [0.2, 0.25) is 0 Å². The van der Waals surface area contributed by atoms with Crippen LogP contribution < -0.4 is 16.1 Å². The fourth-order valence-corrected chi connectivity index (χ4v) is 4.65. The van der Waals surface area contributed by atoms with Crippen molar-refractivity contribution >= 4 is 27.2 Å². The molecule has 1 aromatic carbocycles. The third-order valence-corrected chi connectivity index (χ3v) is 6.08. The molecule has 9 heteroatoms. The lowest BCUT2D eigenvalue weighted by molar-refractivity contribution is 0.251. The Morgan fingerprint density at radius 1 is 1.11 bits per heavy atom. The average Bonchev–Trinajstić information content (AvgIpc) is 3.05. The van der Waals surface area contributed by atoms with Crippen LogP contribution in [0.1, 0.15) is 11.8 Å². The standard InChI is InChI=1S/C19H20F2N4O2S/c1-2-25-18(26)14-10-13(28-17(14)22-19(25)27)11-23-5-7-24(8-6-23)16-4-3-12(20)9-15(16)21/h3-4,9-10H,2,5-8,11H2,1H3,(H,22,27). The number of anilines is 1. The summed E-state index contributed by atoms with van der Waals surface area (Å²) in [6.07, 6.45) is 0. The first-order valence-electron chi connectivity index (χ1n) is 9.14. The van der Waals surface area contributed by atoms with E-state index in [4.69, 9.17) is 0 Å². The number of nitrogens with one attached hydrogen (secondary N) is 1. The second-order valence-corrected chi connectivity index (χ2v) is 7.93. The number of H-pyrrole nitrogens is 1. The second kappa shape index (κ2) is 7.48. The van der Waals surface area contributed by atoms with Gasteiger partial charge in [-0.15, -0.1) is 11.3 Å². The van der Waals surface area contributed by atoms with E-state index in [2.05, 4.69) is 9.88 Å². The fourth-order valence-electron chi connectivity index (χ4n) is 3.57. The molecule has 0 amide bonds. The van der Waals surface area contributed by atoms with Gasteiger partial charge >= 0.3 is 5.69 Å². The molecule has 3 aromatic rings. The van der Waals surface area contributed by atoms with Crippen molar-refractivity contribution in [3.05, 3.63) is 61.6 Å². The Hall–Kier alpha value is -2.52. The minimum Gasteiger partial charge on any atom is -0.367 e. The van der Waals surface area contributed by atoms with Gasteiger partial charge < -0.3 is 4.90 Å². The predicted octanol–water partition coefficient (Wildman–Crippen LogP) is 2.37. The zero-order valence-corrected chi connectivity index (χ0v) is 16.2. The number of benzene rings is 1. The molecule has 1 fully saturated rings. The molecule has 1 aliphatic rings. The molecule has 0 saturated carbocycles. The highest BCUT2D eigenvalue weighted by Gasteiger charge is 2.21. The zero-order valence-electron chi connectivity index (χ0n) is 15.4. The number of thiophene rings is 1. The van der Waals surface area contributed by atoms with Crippen molar-refractivity contribution < 1.29 is 8.78 Å². The van der Waals surface area contributed by atoms with Crippen molar-refractivity contribution in [3.63, 3.8) is 0 Å². The molecule has 4 rings (SSSR count). The van der Waals surface area contributed by atoms with E-state index in [1.165, 1.54) is 28.0 Å². The molecular formula is C19H20F2N4O2S. The van der Waals surface area contributed by atoms with Gasteiger partial charge in [0.25, 0.3) is 5.56 Å². The molecule has 0 aliphatic carbocycles. The third-order valence-electron chi connectivity index (χ3n) is 5.04. The van der Waals surface area contributed by atoms with Crippen LogP contribution in [0.5, 0.6) is 0 Å². The summed E-state index contributed by atoms with van der Waals surface area (Å²) >= 11 is 1.41. The molecule has 0 unspecified atom stereocenters. The zero-order chi connectivity index (χ0) is 19.8. The summed E-state index contributed by atoms with van der Waals surface area (Å²) in [5, 5.41) is 0.536. The monoisotopic (exact) mass is 406 g/mol. The lowest BCUT2D eigenvalue weighted by Gasteiger charge is -2.36. The van der Waals surface area contributed by atoms with E-state index in [9.17, 15) is 18.4 Å². The molecular weight excluding hydrogens is 386 g/mol. The first-order chi connectivity index (χ1) is 13.5. The van der Waals surface area contributed by atoms with Crippen LogP contribution in [0.15, 0.2) is 33.9 Å². The summed E-state index contributed by atoms with van der Waals surface area (Å²) in [6, 6.07) is 5.49. The topological polar surface area (TPSA) is 61.3 Å². The minimum atomic E-state index is -0.579. The molecule has 1 N–H and O–H groups in total. The van der Waals surface area contributed by atoms with E-state index in [1.807, 2.05) is 11.0 Å². The van der Waals surface area contributed by atoms with Crippen LogP contribution in [0.4, 0.5) is 14.5 Å². The van der Waals surface area contributed by atoms with Gasteiger partial charge in [0.1, 0.15) is 16.5 Å². The molecule has 148 valence electrons. The van der Waals surface area contributed by atoms with E-state index in [1.54, 1.807) is 6.92 Å². The molecule has 2 aromatic heterocycles. The van der Waals surface area contributed by atoms with E-state index in [0.717, 1.165) is 24.0 Å². The normalized spacial score (nSPS) is 15.5. The van der Waals surface area contributed by atoms with Gasteiger partial charge in [-0.3, -0.25) is 19.2 Å². The van der Waals surface area contributed by atoms with E-state index < -0.39 is 11.6 Å². The smallest absolute Gasteiger partial charge is 0.329 e. The number of halogens is 2. The highest BCUT2D eigenvalue weighted by Crippen LogP contribution is 2.24. The van der Waals surface area contributed by atoms with E-state index in [0.29, 0.717) is 42.1 Å². The Labute approximate surface area is 163 Å². The summed E-state index contributed by atoms with van der Waals surface area (Å²) in [6.45, 7) is 5.46. The van der Waals surface area contributed by atoms with Crippen molar-refractivity contribution in [3.8, 4) is 0 Å². The van der Waals surface area contributed by atoms with Crippen molar-refractivity contribution in [1.29, 1.82) is 0 Å². The fraction of sp³-hybridized carbons (Fsp3) is 0.368. The number of aromatic nitrogens is 2. The predicted molar refractivity (Wildman–Crippen MR) is 106 cm³/mol. The first kappa shape index (κ1) is 18.8. The van der Waals surface area contributed by atoms with Gasteiger partial charge in [0.2, 0.25) is 0 Å². The maximum absolute atomic E-state index is 14.0. The van der Waals surface area contributed by atoms with Gasteiger partial charge in [0.05, 0.1) is 11.1 Å². The number of hydrogen-bond donors (Lipinski definition) is 1. The molecule has 0 radical (unpaired) electrons. The molecule has 1 aliphatic heterocycles. The number of fused-ring (bicyclic) bond motifs is 1. The average molecular weight is 406 g/mol. The van der Waals surface area contributed by atoms with Crippen molar-refractivity contribution in [1.82, 2.24) is 14.5 Å². The number of hydrogen-bond acceptors (Lipinski definition) is 5. The molecule has 0 spiro atoms. The van der Waals surface area contributed by atoms with Crippen molar-refractivity contribution in [2.24, 2.45) is 0 Å². The molecule has 3 heterocycles. The molecule has 0 bridgehead atoms. The van der Waals surface area contributed by atoms with Crippen LogP contribution >= 0.6 is 11.3 Å². The second-order valence-electron chi connectivity index (χ2n) is 6.79. The summed E-state index contributed by atoms with van der Waals surface area (Å²) < 4.78 is 28.3. The van der Waals surface area contributed by atoms with Crippen molar-refractivity contribution in [2.45, 2.75) is 20.0 Å². The number of rotatable bonds is 4. The molecule has 0 atom stereocenters. The van der Waals surface area contributed by atoms with Crippen LogP contribution in [-0.4, -0.2) is 40.6 Å². The van der Waals surface area contributed by atoms with Gasteiger partial charge in [-0.2, -0.15) is 0 Å². The highest BCUT2D eigenvalue weighted by atomic mass is 32.1. The number of aromatic amines is 1. The van der Waals surface area contributed by atoms with Crippen molar-refractivity contribution in [2.75, 3.05) is 31.1 Å². The van der Waals surface area contributed by atoms with Crippen LogP contribution in [-0.2, 0) is 13.1 Å². The first-order valence-corrected chi connectivity index (χ1v) is 9.96. The summed E-state index contributed by atoms with van der Waals surface area (Å²) in [5.41, 5.74) is -0.232. The number of piperazine rings is 1. The molecule has 1 saturated heterocycles. The van der Waals surface area contributed by atoms with Gasteiger partial charge in [-0.1, -0.05) is 0 Å². The maximum atomic E-state index is 14.0. The van der Waals surface area contributed by atoms with Gasteiger partial charge in [0.15, 0.2) is 0 Å². The Morgan fingerprint density at radius 2 is 1.86 bits per heavy atom. The molecule has 28 heavy (non-hydrogen) atoms. The Morgan fingerprint density at radius 3 is 2.54 bits per heavy atom.